The molecule has 3 rings (SSSR count). The van der Waals surface area contributed by atoms with Crippen molar-refractivity contribution >= 4 is 22.6 Å². The van der Waals surface area contributed by atoms with Crippen molar-refractivity contribution in [1.29, 1.82) is 0 Å². The van der Waals surface area contributed by atoms with Gasteiger partial charge in [0.1, 0.15) is 11.5 Å². The highest BCUT2D eigenvalue weighted by Crippen LogP contribution is 2.23. The lowest BCUT2D eigenvalue weighted by molar-refractivity contribution is -0.122. The highest BCUT2D eigenvalue weighted by atomic mass is 32.1. The van der Waals surface area contributed by atoms with Gasteiger partial charge in [-0.15, -0.1) is 0 Å². The van der Waals surface area contributed by atoms with Crippen molar-refractivity contribution in [3.63, 3.8) is 0 Å². The minimum atomic E-state index is -0.647. The summed E-state index contributed by atoms with van der Waals surface area (Å²) in [5.74, 6) is 1.71. The van der Waals surface area contributed by atoms with Gasteiger partial charge in [0.05, 0.1) is 7.11 Å². The molecule has 3 aromatic rings. The molecule has 0 saturated carbocycles. The number of ether oxygens (including phenoxy) is 2. The molecule has 1 atom stereocenters. The molecular weight excluding hydrogens is 362 g/mol. The number of carbonyl (C=O) groups is 1. The molecule has 0 bridgehead atoms. The van der Waals surface area contributed by atoms with Crippen LogP contribution in [0.4, 0.5) is 5.13 Å². The predicted molar refractivity (Wildman–Crippen MR) is 106 cm³/mol. The molecule has 0 spiro atoms. The number of hydrogen-bond donors (Lipinski definition) is 1. The monoisotopic (exact) mass is 383 g/mol. The molecule has 0 radical (unpaired) electrons. The van der Waals surface area contributed by atoms with Gasteiger partial charge in [0.25, 0.3) is 5.91 Å². The largest absolute Gasteiger partial charge is 0.497 e. The van der Waals surface area contributed by atoms with E-state index in [1.165, 1.54) is 5.56 Å². The first-order valence-electron chi connectivity index (χ1n) is 8.63. The second-order valence-electron chi connectivity index (χ2n) is 5.90. The number of anilines is 1. The normalized spacial score (nSPS) is 11.7. The Morgan fingerprint density at radius 2 is 1.78 bits per heavy atom. The lowest BCUT2D eigenvalue weighted by Crippen LogP contribution is -2.30. The maximum absolute atomic E-state index is 12.4. The van der Waals surface area contributed by atoms with Gasteiger partial charge in [-0.2, -0.15) is 9.36 Å². The third-order valence-corrected chi connectivity index (χ3v) is 4.65. The number of aryl methyl sites for hydroxylation is 1. The summed E-state index contributed by atoms with van der Waals surface area (Å²) in [5, 5.41) is 3.19. The van der Waals surface area contributed by atoms with E-state index in [9.17, 15) is 4.79 Å². The molecule has 0 unspecified atom stereocenters. The quantitative estimate of drug-likeness (QED) is 0.662. The van der Waals surface area contributed by atoms with Crippen molar-refractivity contribution in [2.45, 2.75) is 26.4 Å². The van der Waals surface area contributed by atoms with E-state index in [2.05, 4.69) is 21.6 Å². The maximum Gasteiger partial charge on any atom is 0.266 e. The molecule has 0 aliphatic rings. The van der Waals surface area contributed by atoms with Gasteiger partial charge in [-0.25, -0.2) is 0 Å². The Kier molecular flexibility index (Phi) is 6.03. The Balaban J connectivity index is 1.60. The summed E-state index contributed by atoms with van der Waals surface area (Å²) in [6.07, 6.45) is 0.315. The van der Waals surface area contributed by atoms with E-state index >= 15 is 0 Å². The van der Waals surface area contributed by atoms with Crippen LogP contribution >= 0.6 is 11.5 Å². The predicted octanol–water partition coefficient (Wildman–Crippen LogP) is 4.18. The molecular formula is C20H21N3O3S. The number of rotatable bonds is 7. The van der Waals surface area contributed by atoms with Gasteiger partial charge < -0.3 is 9.47 Å². The standard InChI is InChI=1S/C20H21N3O3S/c1-4-14-5-9-17(10-6-14)26-13(2)19(24)22-20-21-18(23-27-20)15-7-11-16(25-3)12-8-15/h5-13H,4H2,1-3H3,(H,21,22,23,24)/t13-/m1/s1. The van der Waals surface area contributed by atoms with Crippen molar-refractivity contribution in [3.05, 3.63) is 54.1 Å². The van der Waals surface area contributed by atoms with Gasteiger partial charge in [-0.3, -0.25) is 10.1 Å². The second-order valence-corrected chi connectivity index (χ2v) is 6.65. The summed E-state index contributed by atoms with van der Waals surface area (Å²) in [5.41, 5.74) is 2.08. The molecule has 140 valence electrons. The Bertz CT molecular complexity index is 892. The molecule has 6 nitrogen and oxygen atoms in total. The molecule has 2 aromatic carbocycles. The number of amides is 1. The van der Waals surface area contributed by atoms with Crippen LogP contribution in [-0.4, -0.2) is 28.5 Å². The van der Waals surface area contributed by atoms with Crippen LogP contribution in [-0.2, 0) is 11.2 Å². The number of nitrogens with one attached hydrogen (secondary N) is 1. The van der Waals surface area contributed by atoms with E-state index in [1.54, 1.807) is 14.0 Å². The van der Waals surface area contributed by atoms with Gasteiger partial charge in [0.15, 0.2) is 11.9 Å². The van der Waals surface area contributed by atoms with Crippen LogP contribution in [0.15, 0.2) is 48.5 Å². The zero-order valence-corrected chi connectivity index (χ0v) is 16.2. The first-order chi connectivity index (χ1) is 13.1. The average Bonchev–Trinajstić information content (AvgIpc) is 3.17. The molecule has 0 aliphatic carbocycles. The zero-order chi connectivity index (χ0) is 19.2. The van der Waals surface area contributed by atoms with Crippen molar-refractivity contribution in [2.75, 3.05) is 12.4 Å². The smallest absolute Gasteiger partial charge is 0.266 e. The Hall–Kier alpha value is -2.93. The topological polar surface area (TPSA) is 73.3 Å². The highest BCUT2D eigenvalue weighted by Gasteiger charge is 2.17. The van der Waals surface area contributed by atoms with Crippen LogP contribution in [0.5, 0.6) is 11.5 Å². The lowest BCUT2D eigenvalue weighted by Gasteiger charge is -2.13. The number of methoxy groups -OCH3 is 1. The number of aromatic nitrogens is 2. The third-order valence-electron chi connectivity index (χ3n) is 4.02. The molecule has 7 heteroatoms. The van der Waals surface area contributed by atoms with E-state index in [-0.39, 0.29) is 5.91 Å². The Morgan fingerprint density at radius 1 is 1.11 bits per heavy atom. The minimum absolute atomic E-state index is 0.271. The molecule has 0 aliphatic heterocycles. The summed E-state index contributed by atoms with van der Waals surface area (Å²) in [7, 11) is 1.62. The number of nitrogens with zero attached hydrogens (tertiary/aromatic N) is 2. The third kappa shape index (κ3) is 4.83. The minimum Gasteiger partial charge on any atom is -0.497 e. The first kappa shape index (κ1) is 18.8. The average molecular weight is 383 g/mol. The van der Waals surface area contributed by atoms with Crippen LogP contribution < -0.4 is 14.8 Å². The Morgan fingerprint density at radius 3 is 2.41 bits per heavy atom. The van der Waals surface area contributed by atoms with Gasteiger partial charge >= 0.3 is 0 Å². The SMILES string of the molecule is CCc1ccc(O[C@H](C)C(=O)Nc2nc(-c3ccc(OC)cc3)ns2)cc1. The first-order valence-corrected chi connectivity index (χ1v) is 9.41. The number of hydrogen-bond acceptors (Lipinski definition) is 6. The van der Waals surface area contributed by atoms with Gasteiger partial charge in [-0.05, 0) is 55.3 Å². The van der Waals surface area contributed by atoms with Gasteiger partial charge in [0.2, 0.25) is 5.13 Å². The van der Waals surface area contributed by atoms with Crippen LogP contribution in [0.1, 0.15) is 19.4 Å². The molecule has 1 aromatic heterocycles. The van der Waals surface area contributed by atoms with E-state index in [4.69, 9.17) is 9.47 Å². The molecule has 1 amide bonds. The van der Waals surface area contributed by atoms with Crippen LogP contribution in [0.2, 0.25) is 0 Å². The van der Waals surface area contributed by atoms with E-state index in [1.807, 2.05) is 48.5 Å². The van der Waals surface area contributed by atoms with Crippen LogP contribution in [0.25, 0.3) is 11.4 Å². The summed E-state index contributed by atoms with van der Waals surface area (Å²) in [4.78, 5) is 16.7. The van der Waals surface area contributed by atoms with Crippen molar-refractivity contribution in [1.82, 2.24) is 9.36 Å². The van der Waals surface area contributed by atoms with Gasteiger partial charge in [0, 0.05) is 17.1 Å². The van der Waals surface area contributed by atoms with Crippen LogP contribution in [0.3, 0.4) is 0 Å². The maximum atomic E-state index is 12.4. The van der Waals surface area contributed by atoms with Gasteiger partial charge in [-0.1, -0.05) is 19.1 Å². The van der Waals surface area contributed by atoms with Crippen molar-refractivity contribution < 1.29 is 14.3 Å². The lowest BCUT2D eigenvalue weighted by atomic mass is 10.2. The fourth-order valence-electron chi connectivity index (χ4n) is 2.40. The summed E-state index contributed by atoms with van der Waals surface area (Å²) < 4.78 is 15.1. The second kappa shape index (κ2) is 8.64. The summed E-state index contributed by atoms with van der Waals surface area (Å²) in [6.45, 7) is 3.79. The molecule has 27 heavy (non-hydrogen) atoms. The number of benzene rings is 2. The van der Waals surface area contributed by atoms with Crippen molar-refractivity contribution in [3.8, 4) is 22.9 Å². The number of carbonyl (C=O) groups excluding carboxylic acids is 1. The molecule has 0 saturated heterocycles. The van der Waals surface area contributed by atoms with Crippen molar-refractivity contribution in [2.24, 2.45) is 0 Å². The fraction of sp³-hybridized carbons (Fsp3) is 0.250. The zero-order valence-electron chi connectivity index (χ0n) is 15.4. The van der Waals surface area contributed by atoms with E-state index in [0.717, 1.165) is 29.3 Å². The van der Waals surface area contributed by atoms with E-state index in [0.29, 0.717) is 16.7 Å². The molecule has 1 heterocycles. The summed E-state index contributed by atoms with van der Waals surface area (Å²) >= 11 is 1.13. The highest BCUT2D eigenvalue weighted by molar-refractivity contribution is 7.10. The summed E-state index contributed by atoms with van der Waals surface area (Å²) in [6, 6.07) is 15.2. The van der Waals surface area contributed by atoms with E-state index < -0.39 is 6.10 Å². The molecule has 0 fully saturated rings. The van der Waals surface area contributed by atoms with Crippen LogP contribution in [0, 0.1) is 0 Å². The fourth-order valence-corrected chi connectivity index (χ4v) is 2.99. The molecule has 1 N–H and O–H groups in total. The Labute approximate surface area is 162 Å².